The molecule has 35 heavy (non-hydrogen) atoms. The summed E-state index contributed by atoms with van der Waals surface area (Å²) in [6, 6.07) is 13.0. The van der Waals surface area contributed by atoms with E-state index in [4.69, 9.17) is 4.98 Å². The molecule has 1 saturated heterocycles. The lowest BCUT2D eigenvalue weighted by Gasteiger charge is -2.30. The summed E-state index contributed by atoms with van der Waals surface area (Å²) in [5.41, 5.74) is 10.2. The molecule has 4 heteroatoms. The number of nitrogens with one attached hydrogen (secondary N) is 1. The van der Waals surface area contributed by atoms with Gasteiger partial charge >= 0.3 is 0 Å². The number of pyridine rings is 2. The lowest BCUT2D eigenvalue weighted by molar-refractivity contribution is 0.568. The van der Waals surface area contributed by atoms with E-state index in [0.717, 1.165) is 48.6 Å². The van der Waals surface area contributed by atoms with Gasteiger partial charge in [-0.1, -0.05) is 46.8 Å². The summed E-state index contributed by atoms with van der Waals surface area (Å²) in [6.07, 6.45) is 9.92. The van der Waals surface area contributed by atoms with Crippen LogP contribution >= 0.6 is 0 Å². The number of aryl methyl sites for hydroxylation is 2. The number of anilines is 2. The molecule has 0 unspecified atom stereocenters. The van der Waals surface area contributed by atoms with Gasteiger partial charge in [0.25, 0.3) is 0 Å². The van der Waals surface area contributed by atoms with E-state index in [9.17, 15) is 0 Å². The maximum atomic E-state index is 4.95. The zero-order valence-corrected chi connectivity index (χ0v) is 22.1. The molecule has 0 atom stereocenters. The fourth-order valence-corrected chi connectivity index (χ4v) is 4.75. The van der Waals surface area contributed by atoms with Gasteiger partial charge in [-0.05, 0) is 74.1 Å². The Labute approximate surface area is 211 Å². The number of piperidine rings is 1. The van der Waals surface area contributed by atoms with Crippen LogP contribution in [-0.2, 0) is 11.8 Å². The molecule has 1 aromatic carbocycles. The van der Waals surface area contributed by atoms with Gasteiger partial charge in [-0.15, -0.1) is 0 Å². The molecule has 1 aliphatic rings. The second-order valence-corrected chi connectivity index (χ2v) is 10.8. The summed E-state index contributed by atoms with van der Waals surface area (Å²) in [6.45, 7) is 17.5. The van der Waals surface area contributed by atoms with Gasteiger partial charge in [0.05, 0.1) is 11.4 Å². The van der Waals surface area contributed by atoms with Crippen molar-refractivity contribution >= 4 is 17.1 Å². The van der Waals surface area contributed by atoms with Gasteiger partial charge in [0, 0.05) is 59.1 Å². The van der Waals surface area contributed by atoms with E-state index in [0.29, 0.717) is 0 Å². The first-order valence-corrected chi connectivity index (χ1v) is 13.0. The maximum Gasteiger partial charge on any atom is 0.0637 e. The zero-order chi connectivity index (χ0) is 25.0. The highest BCUT2D eigenvalue weighted by atomic mass is 15.1. The molecule has 0 aliphatic carbocycles. The molecule has 4 nitrogen and oxygen atoms in total. The molecule has 1 aliphatic heterocycles. The minimum Gasteiger partial charge on any atom is -0.370 e. The van der Waals surface area contributed by atoms with Crippen LogP contribution in [0.1, 0.15) is 75.9 Å². The Morgan fingerprint density at radius 2 is 1.80 bits per heavy atom. The minimum atomic E-state index is -0.00365. The van der Waals surface area contributed by atoms with Crippen molar-refractivity contribution < 1.29 is 0 Å². The van der Waals surface area contributed by atoms with Gasteiger partial charge in [0.2, 0.25) is 0 Å². The highest BCUT2D eigenvalue weighted by molar-refractivity contribution is 5.80. The summed E-state index contributed by atoms with van der Waals surface area (Å²) in [4.78, 5) is 12.0. The normalized spacial score (nSPS) is 14.1. The van der Waals surface area contributed by atoms with Crippen LogP contribution in [0.4, 0.5) is 11.4 Å². The molecule has 0 radical (unpaired) electrons. The molecule has 0 saturated carbocycles. The fraction of sp³-hybridized carbons (Fsp3) is 0.419. The van der Waals surface area contributed by atoms with Gasteiger partial charge < -0.3 is 10.2 Å². The Kier molecular flexibility index (Phi) is 7.59. The third-order valence-corrected chi connectivity index (χ3v) is 6.85. The summed E-state index contributed by atoms with van der Waals surface area (Å²) in [5, 5.41) is 3.53. The topological polar surface area (TPSA) is 41.1 Å². The second-order valence-electron chi connectivity index (χ2n) is 10.8. The Bertz CT molecular complexity index is 1180. The predicted molar refractivity (Wildman–Crippen MR) is 150 cm³/mol. The Morgan fingerprint density at radius 3 is 2.51 bits per heavy atom. The lowest BCUT2D eigenvalue weighted by Crippen LogP contribution is -2.30. The van der Waals surface area contributed by atoms with Gasteiger partial charge in [-0.25, -0.2) is 0 Å². The molecule has 0 amide bonds. The predicted octanol–water partition coefficient (Wildman–Crippen LogP) is 7.78. The summed E-state index contributed by atoms with van der Waals surface area (Å²) < 4.78 is 0. The quantitative estimate of drug-likeness (QED) is 0.384. The summed E-state index contributed by atoms with van der Waals surface area (Å²) >= 11 is 0. The number of aromatic nitrogens is 2. The van der Waals surface area contributed by atoms with Crippen LogP contribution in [0, 0.1) is 6.92 Å². The summed E-state index contributed by atoms with van der Waals surface area (Å²) in [7, 11) is 0. The molecule has 3 aromatic rings. The van der Waals surface area contributed by atoms with E-state index in [1.54, 1.807) is 0 Å². The number of benzene rings is 1. The highest BCUT2D eigenvalue weighted by Crippen LogP contribution is 2.33. The van der Waals surface area contributed by atoms with Crippen molar-refractivity contribution in [2.75, 3.05) is 23.3 Å². The Morgan fingerprint density at radius 1 is 1.03 bits per heavy atom. The maximum absolute atomic E-state index is 4.95. The molecule has 0 bridgehead atoms. The van der Waals surface area contributed by atoms with E-state index in [1.807, 2.05) is 12.3 Å². The molecule has 2 aromatic heterocycles. The molecule has 1 fully saturated rings. The Hall–Kier alpha value is -3.14. The van der Waals surface area contributed by atoms with Crippen molar-refractivity contribution in [3.8, 4) is 11.1 Å². The van der Waals surface area contributed by atoms with Crippen LogP contribution in [0.5, 0.6) is 0 Å². The van der Waals surface area contributed by atoms with Crippen LogP contribution < -0.4 is 10.2 Å². The van der Waals surface area contributed by atoms with Crippen molar-refractivity contribution in [1.82, 2.24) is 9.97 Å². The number of rotatable bonds is 7. The van der Waals surface area contributed by atoms with E-state index in [-0.39, 0.29) is 5.41 Å². The van der Waals surface area contributed by atoms with Crippen molar-refractivity contribution in [3.63, 3.8) is 0 Å². The molecule has 184 valence electrons. The van der Waals surface area contributed by atoms with E-state index in [1.165, 1.54) is 47.3 Å². The average Bonchev–Trinajstić information content (AvgIpc) is 2.86. The van der Waals surface area contributed by atoms with Crippen molar-refractivity contribution in [2.24, 2.45) is 0 Å². The standard InChI is InChI=1S/C31H40N4/c1-7-11-28-29(35-16-9-8-10-17-35)18-25(21-33-28)27-20-26(13-12-22(27)2)34-23(3)24-14-15-32-30(19-24)31(4,5)6/h12-15,18-21,34H,3,7-11,16-17H2,1-2,4-6H3. The Balaban J connectivity index is 1.63. The molecule has 4 rings (SSSR count). The van der Waals surface area contributed by atoms with Crippen molar-refractivity contribution in [3.05, 3.63) is 77.9 Å². The average molecular weight is 469 g/mol. The van der Waals surface area contributed by atoms with Crippen LogP contribution in [0.15, 0.2) is 55.4 Å². The fourth-order valence-electron chi connectivity index (χ4n) is 4.75. The van der Waals surface area contributed by atoms with Crippen molar-refractivity contribution in [1.29, 1.82) is 0 Å². The molecular weight excluding hydrogens is 428 g/mol. The molecule has 1 N–H and O–H groups in total. The number of hydrogen-bond acceptors (Lipinski definition) is 4. The monoisotopic (exact) mass is 468 g/mol. The molecule has 0 spiro atoms. The van der Waals surface area contributed by atoms with Crippen LogP contribution in [-0.4, -0.2) is 23.1 Å². The smallest absolute Gasteiger partial charge is 0.0637 e. The summed E-state index contributed by atoms with van der Waals surface area (Å²) in [5.74, 6) is 0. The number of nitrogens with zero attached hydrogens (tertiary/aromatic N) is 3. The first-order chi connectivity index (χ1) is 16.8. The molecule has 3 heterocycles. The first-order valence-electron chi connectivity index (χ1n) is 13.0. The minimum absolute atomic E-state index is 0.00365. The van der Waals surface area contributed by atoms with Gasteiger partial charge in [0.15, 0.2) is 0 Å². The van der Waals surface area contributed by atoms with Crippen molar-refractivity contribution in [2.45, 2.75) is 72.1 Å². The number of hydrogen-bond donors (Lipinski definition) is 1. The van der Waals surface area contributed by atoms with Crippen LogP contribution in [0.3, 0.4) is 0 Å². The zero-order valence-electron chi connectivity index (χ0n) is 22.1. The van der Waals surface area contributed by atoms with Crippen LogP contribution in [0.2, 0.25) is 0 Å². The third-order valence-electron chi connectivity index (χ3n) is 6.85. The highest BCUT2D eigenvalue weighted by Gasteiger charge is 2.18. The third kappa shape index (κ3) is 5.93. The van der Waals surface area contributed by atoms with E-state index < -0.39 is 0 Å². The second kappa shape index (κ2) is 10.6. The van der Waals surface area contributed by atoms with Gasteiger partial charge in [-0.3, -0.25) is 9.97 Å². The largest absolute Gasteiger partial charge is 0.370 e. The van der Waals surface area contributed by atoms with E-state index in [2.05, 4.69) is 92.9 Å². The van der Waals surface area contributed by atoms with E-state index >= 15 is 0 Å². The van der Waals surface area contributed by atoms with Gasteiger partial charge in [0.1, 0.15) is 0 Å². The molecular formula is C31H40N4. The first kappa shape index (κ1) is 25.0. The van der Waals surface area contributed by atoms with Crippen LogP contribution in [0.25, 0.3) is 16.8 Å². The SMILES string of the molecule is C=C(Nc1ccc(C)c(-c2cnc(CCC)c(N3CCCCC3)c2)c1)c1ccnc(C(C)(C)C)c1. The lowest BCUT2D eigenvalue weighted by atomic mass is 9.90. The van der Waals surface area contributed by atoms with Gasteiger partial charge in [-0.2, -0.15) is 0 Å².